The van der Waals surface area contributed by atoms with Gasteiger partial charge >= 0.3 is 0 Å². The smallest absolute Gasteiger partial charge is 0.120 e. The van der Waals surface area contributed by atoms with E-state index in [0.29, 0.717) is 0 Å². The molecule has 0 N–H and O–H groups in total. The Morgan fingerprint density at radius 2 is 2.00 bits per heavy atom. The molecule has 0 saturated carbocycles. The van der Waals surface area contributed by atoms with E-state index < -0.39 is 0 Å². The van der Waals surface area contributed by atoms with Gasteiger partial charge in [-0.15, -0.1) is 0 Å². The van der Waals surface area contributed by atoms with Crippen molar-refractivity contribution in [1.29, 1.82) is 0 Å². The minimum absolute atomic E-state index is 0.752. The van der Waals surface area contributed by atoms with Crippen LogP contribution in [0.1, 0.15) is 25.7 Å². The van der Waals surface area contributed by atoms with Gasteiger partial charge in [-0.25, -0.2) is 0 Å². The molecule has 1 unspecified atom stereocenters. The van der Waals surface area contributed by atoms with E-state index in [9.17, 15) is 0 Å². The predicted octanol–water partition coefficient (Wildman–Crippen LogP) is 2.76. The Kier molecular flexibility index (Phi) is 3.92. The minimum atomic E-state index is 0.752. The molecule has 0 radical (unpaired) electrons. The van der Waals surface area contributed by atoms with Crippen LogP contribution >= 0.6 is 0 Å². The summed E-state index contributed by atoms with van der Waals surface area (Å²) < 4.78 is 5.35. The van der Waals surface area contributed by atoms with Crippen molar-refractivity contribution in [2.45, 2.75) is 31.7 Å². The number of nitrogens with zero attached hydrogens (tertiary/aromatic N) is 2. The number of methoxy groups -OCH3 is 1. The molecule has 2 aliphatic rings. The molecule has 0 bridgehead atoms. The molecule has 0 aromatic heterocycles. The van der Waals surface area contributed by atoms with Crippen LogP contribution in [0.25, 0.3) is 0 Å². The summed E-state index contributed by atoms with van der Waals surface area (Å²) >= 11 is 0. The van der Waals surface area contributed by atoms with Crippen molar-refractivity contribution in [2.75, 3.05) is 38.2 Å². The number of hydrogen-bond acceptors (Lipinski definition) is 3. The van der Waals surface area contributed by atoms with Gasteiger partial charge < -0.3 is 9.64 Å². The highest BCUT2D eigenvalue weighted by Crippen LogP contribution is 2.26. The fraction of sp³-hybridized carbons (Fsp3) is 0.625. The standard InChI is InChI=1S/C16H24N2O/c1-19-16-8-4-7-14(12-16)18-11-5-10-17-9-3-2-6-15(17)13-18/h4,7-8,12,15H,2-3,5-6,9-11,13H2,1H3. The molecule has 2 aliphatic heterocycles. The maximum atomic E-state index is 5.35. The molecular formula is C16H24N2O. The van der Waals surface area contributed by atoms with Crippen LogP contribution in [0.15, 0.2) is 24.3 Å². The van der Waals surface area contributed by atoms with Crippen molar-refractivity contribution in [3.05, 3.63) is 24.3 Å². The molecule has 104 valence electrons. The quantitative estimate of drug-likeness (QED) is 0.813. The summed E-state index contributed by atoms with van der Waals surface area (Å²) in [5, 5.41) is 0. The predicted molar refractivity (Wildman–Crippen MR) is 79.0 cm³/mol. The SMILES string of the molecule is COc1cccc(N2CCCN3CCCCC3C2)c1. The summed E-state index contributed by atoms with van der Waals surface area (Å²) in [7, 11) is 1.74. The minimum Gasteiger partial charge on any atom is -0.497 e. The Bertz CT molecular complexity index is 421. The Balaban J connectivity index is 1.76. The first-order valence-electron chi connectivity index (χ1n) is 7.50. The van der Waals surface area contributed by atoms with Gasteiger partial charge in [0, 0.05) is 37.4 Å². The lowest BCUT2D eigenvalue weighted by molar-refractivity contribution is 0.162. The molecule has 19 heavy (non-hydrogen) atoms. The highest BCUT2D eigenvalue weighted by Gasteiger charge is 2.27. The third kappa shape index (κ3) is 2.86. The van der Waals surface area contributed by atoms with Crippen LogP contribution in [-0.4, -0.2) is 44.2 Å². The second kappa shape index (κ2) is 5.83. The Morgan fingerprint density at radius 1 is 1.11 bits per heavy atom. The van der Waals surface area contributed by atoms with E-state index in [-0.39, 0.29) is 0 Å². The van der Waals surface area contributed by atoms with E-state index >= 15 is 0 Å². The number of benzene rings is 1. The maximum absolute atomic E-state index is 5.35. The molecule has 1 aromatic carbocycles. The van der Waals surface area contributed by atoms with E-state index in [4.69, 9.17) is 4.74 Å². The summed E-state index contributed by atoms with van der Waals surface area (Å²) in [6.07, 6.45) is 5.41. The third-order valence-corrected chi connectivity index (χ3v) is 4.47. The number of hydrogen-bond donors (Lipinski definition) is 0. The lowest BCUT2D eigenvalue weighted by atomic mass is 10.0. The molecule has 3 nitrogen and oxygen atoms in total. The summed E-state index contributed by atoms with van der Waals surface area (Å²) in [4.78, 5) is 5.24. The Labute approximate surface area is 116 Å². The van der Waals surface area contributed by atoms with Gasteiger partial charge in [0.25, 0.3) is 0 Å². The fourth-order valence-electron chi connectivity index (χ4n) is 3.41. The Morgan fingerprint density at radius 3 is 2.89 bits per heavy atom. The first-order valence-corrected chi connectivity index (χ1v) is 7.50. The Hall–Kier alpha value is -1.22. The van der Waals surface area contributed by atoms with Gasteiger partial charge in [0.1, 0.15) is 5.75 Å². The number of fused-ring (bicyclic) bond motifs is 1. The second-order valence-electron chi connectivity index (χ2n) is 5.69. The molecule has 3 rings (SSSR count). The highest BCUT2D eigenvalue weighted by atomic mass is 16.5. The largest absolute Gasteiger partial charge is 0.497 e. The van der Waals surface area contributed by atoms with Crippen LogP contribution in [-0.2, 0) is 0 Å². The number of rotatable bonds is 2. The molecule has 2 heterocycles. The summed E-state index contributed by atoms with van der Waals surface area (Å²) in [6.45, 7) is 4.91. The molecule has 2 fully saturated rings. The third-order valence-electron chi connectivity index (χ3n) is 4.47. The van der Waals surface area contributed by atoms with Gasteiger partial charge in [-0.05, 0) is 37.9 Å². The summed E-state index contributed by atoms with van der Waals surface area (Å²) in [5.41, 5.74) is 1.31. The molecule has 0 aliphatic carbocycles. The zero-order valence-corrected chi connectivity index (χ0v) is 11.8. The van der Waals surface area contributed by atoms with E-state index in [1.54, 1.807) is 7.11 Å². The summed E-state index contributed by atoms with van der Waals surface area (Å²) in [5.74, 6) is 0.960. The van der Waals surface area contributed by atoms with E-state index in [2.05, 4.69) is 28.0 Å². The van der Waals surface area contributed by atoms with Gasteiger partial charge in [0.05, 0.1) is 7.11 Å². The van der Waals surface area contributed by atoms with Gasteiger partial charge in [0.15, 0.2) is 0 Å². The monoisotopic (exact) mass is 260 g/mol. The van der Waals surface area contributed by atoms with E-state index in [1.165, 1.54) is 57.5 Å². The normalized spacial score (nSPS) is 24.7. The lowest BCUT2D eigenvalue weighted by Gasteiger charge is -2.35. The van der Waals surface area contributed by atoms with Crippen molar-refractivity contribution in [3.8, 4) is 5.75 Å². The van der Waals surface area contributed by atoms with Crippen molar-refractivity contribution in [2.24, 2.45) is 0 Å². The van der Waals surface area contributed by atoms with Crippen LogP contribution in [0.3, 0.4) is 0 Å². The average molecular weight is 260 g/mol. The van der Waals surface area contributed by atoms with Gasteiger partial charge in [-0.1, -0.05) is 12.5 Å². The highest BCUT2D eigenvalue weighted by molar-refractivity contribution is 5.51. The molecule has 2 saturated heterocycles. The molecule has 3 heteroatoms. The summed E-state index contributed by atoms with van der Waals surface area (Å²) in [6, 6.07) is 9.24. The molecule has 0 amide bonds. The van der Waals surface area contributed by atoms with Crippen molar-refractivity contribution in [1.82, 2.24) is 4.90 Å². The number of ether oxygens (including phenoxy) is 1. The molecular weight excluding hydrogens is 236 g/mol. The van der Waals surface area contributed by atoms with Crippen LogP contribution in [0.2, 0.25) is 0 Å². The second-order valence-corrected chi connectivity index (χ2v) is 5.69. The van der Waals surface area contributed by atoms with E-state index in [1.807, 2.05) is 6.07 Å². The van der Waals surface area contributed by atoms with E-state index in [0.717, 1.165) is 11.8 Å². The first-order chi connectivity index (χ1) is 9.36. The zero-order valence-electron chi connectivity index (χ0n) is 11.8. The zero-order chi connectivity index (χ0) is 13.1. The van der Waals surface area contributed by atoms with Gasteiger partial charge in [0.2, 0.25) is 0 Å². The lowest BCUT2D eigenvalue weighted by Crippen LogP contribution is -2.44. The van der Waals surface area contributed by atoms with Crippen LogP contribution in [0, 0.1) is 0 Å². The van der Waals surface area contributed by atoms with Crippen LogP contribution in [0.4, 0.5) is 5.69 Å². The average Bonchev–Trinajstić information content (AvgIpc) is 2.69. The topological polar surface area (TPSA) is 15.7 Å². The number of piperidine rings is 1. The molecule has 1 aromatic rings. The molecule has 0 spiro atoms. The molecule has 1 atom stereocenters. The fourth-order valence-corrected chi connectivity index (χ4v) is 3.41. The maximum Gasteiger partial charge on any atom is 0.120 e. The van der Waals surface area contributed by atoms with Crippen molar-refractivity contribution >= 4 is 5.69 Å². The van der Waals surface area contributed by atoms with Crippen LogP contribution in [0.5, 0.6) is 5.75 Å². The van der Waals surface area contributed by atoms with Crippen molar-refractivity contribution < 1.29 is 4.74 Å². The van der Waals surface area contributed by atoms with Crippen molar-refractivity contribution in [3.63, 3.8) is 0 Å². The van der Waals surface area contributed by atoms with Crippen LogP contribution < -0.4 is 9.64 Å². The first kappa shape index (κ1) is 12.8. The van der Waals surface area contributed by atoms with Gasteiger partial charge in [-0.2, -0.15) is 0 Å². The van der Waals surface area contributed by atoms with Gasteiger partial charge in [-0.3, -0.25) is 4.90 Å². The number of anilines is 1.